The van der Waals surface area contributed by atoms with Crippen molar-refractivity contribution in [1.82, 2.24) is 15.4 Å². The molecule has 168 valence electrons. The van der Waals surface area contributed by atoms with Gasteiger partial charge in [0.1, 0.15) is 23.6 Å². The molecule has 4 rings (SSSR count). The van der Waals surface area contributed by atoms with Crippen molar-refractivity contribution >= 4 is 55.4 Å². The number of hydrazone groups is 1. The SMILES string of the molecule is COc1cc(/C=N\NC(=O)c2sc3ncnc(N)c3c2C)cc(Br)c1OCc1ccccc1. The Kier molecular flexibility index (Phi) is 6.85. The topological polar surface area (TPSA) is 112 Å². The Morgan fingerprint density at radius 1 is 1.27 bits per heavy atom. The van der Waals surface area contributed by atoms with Crippen LogP contribution in [0.2, 0.25) is 0 Å². The fraction of sp³-hybridized carbons (Fsp3) is 0.130. The summed E-state index contributed by atoms with van der Waals surface area (Å²) in [6.07, 6.45) is 2.91. The lowest BCUT2D eigenvalue weighted by Gasteiger charge is -2.13. The Labute approximate surface area is 202 Å². The fourth-order valence-electron chi connectivity index (χ4n) is 3.22. The van der Waals surface area contributed by atoms with Crippen LogP contribution in [-0.2, 0) is 6.61 Å². The average molecular weight is 526 g/mol. The van der Waals surface area contributed by atoms with Crippen LogP contribution in [0, 0.1) is 6.92 Å². The number of amides is 1. The molecule has 0 radical (unpaired) electrons. The standard InChI is InChI=1S/C23H20BrN5O3S/c1-13-18-21(25)26-12-27-23(18)33-20(13)22(30)29-28-10-15-8-16(24)19(17(9-15)31-2)32-11-14-6-4-3-5-7-14/h3-10,12H,11H2,1-2H3,(H,29,30)(H2,25,26,27)/b28-10-. The van der Waals surface area contributed by atoms with Crippen molar-refractivity contribution < 1.29 is 14.3 Å². The summed E-state index contributed by atoms with van der Waals surface area (Å²) in [4.78, 5) is 22.0. The van der Waals surface area contributed by atoms with Crippen molar-refractivity contribution in [2.24, 2.45) is 5.10 Å². The summed E-state index contributed by atoms with van der Waals surface area (Å²) in [6, 6.07) is 13.5. The number of nitrogens with two attached hydrogens (primary N) is 1. The van der Waals surface area contributed by atoms with E-state index in [9.17, 15) is 4.79 Å². The number of nitrogens with zero attached hydrogens (tertiary/aromatic N) is 3. The zero-order valence-corrected chi connectivity index (χ0v) is 20.2. The molecule has 0 unspecified atom stereocenters. The second-order valence-electron chi connectivity index (χ2n) is 7.00. The Balaban J connectivity index is 1.48. The quantitative estimate of drug-likeness (QED) is 0.267. The number of anilines is 1. The van der Waals surface area contributed by atoms with Crippen molar-refractivity contribution in [3.63, 3.8) is 0 Å². The van der Waals surface area contributed by atoms with Crippen LogP contribution >= 0.6 is 27.3 Å². The van der Waals surface area contributed by atoms with E-state index in [0.717, 1.165) is 11.1 Å². The molecule has 0 aliphatic carbocycles. The van der Waals surface area contributed by atoms with Crippen LogP contribution in [0.1, 0.15) is 26.4 Å². The number of halogens is 1. The molecular formula is C23H20BrN5O3S. The summed E-state index contributed by atoms with van der Waals surface area (Å²) in [6.45, 7) is 2.22. The second kappa shape index (κ2) is 9.97. The highest BCUT2D eigenvalue weighted by Crippen LogP contribution is 2.37. The number of aryl methyl sites for hydroxylation is 1. The Bertz CT molecular complexity index is 1340. The molecule has 3 N–H and O–H groups in total. The van der Waals surface area contributed by atoms with Crippen molar-refractivity contribution in [3.05, 3.63) is 74.8 Å². The van der Waals surface area contributed by atoms with E-state index in [0.29, 0.717) is 49.1 Å². The van der Waals surface area contributed by atoms with Gasteiger partial charge in [0.25, 0.3) is 5.91 Å². The maximum Gasteiger partial charge on any atom is 0.281 e. The number of aromatic nitrogens is 2. The third-order valence-corrected chi connectivity index (χ3v) is 6.61. The molecule has 2 aromatic heterocycles. The van der Waals surface area contributed by atoms with Crippen molar-refractivity contribution in [2.45, 2.75) is 13.5 Å². The number of nitrogen functional groups attached to an aromatic ring is 1. The van der Waals surface area contributed by atoms with E-state index in [1.807, 2.05) is 43.3 Å². The van der Waals surface area contributed by atoms with Crippen LogP contribution in [0.3, 0.4) is 0 Å². The lowest BCUT2D eigenvalue weighted by Crippen LogP contribution is -2.17. The first-order valence-corrected chi connectivity index (χ1v) is 11.5. The highest BCUT2D eigenvalue weighted by atomic mass is 79.9. The van der Waals surface area contributed by atoms with Gasteiger partial charge in [-0.1, -0.05) is 30.3 Å². The lowest BCUT2D eigenvalue weighted by molar-refractivity contribution is 0.0958. The van der Waals surface area contributed by atoms with E-state index >= 15 is 0 Å². The first-order chi connectivity index (χ1) is 16.0. The smallest absolute Gasteiger partial charge is 0.281 e. The molecule has 0 saturated heterocycles. The van der Waals surface area contributed by atoms with Gasteiger partial charge in [-0.05, 0) is 51.7 Å². The van der Waals surface area contributed by atoms with E-state index in [-0.39, 0.29) is 5.91 Å². The Morgan fingerprint density at radius 3 is 2.79 bits per heavy atom. The molecule has 33 heavy (non-hydrogen) atoms. The highest BCUT2D eigenvalue weighted by Gasteiger charge is 2.18. The van der Waals surface area contributed by atoms with Gasteiger partial charge in [-0.15, -0.1) is 11.3 Å². The molecule has 0 atom stereocenters. The minimum absolute atomic E-state index is 0.347. The number of nitrogens with one attached hydrogen (secondary N) is 1. The van der Waals surface area contributed by atoms with Crippen LogP contribution < -0.4 is 20.6 Å². The number of carbonyl (C=O) groups excluding carboxylic acids is 1. The fourth-order valence-corrected chi connectivity index (χ4v) is 4.84. The third kappa shape index (κ3) is 4.96. The van der Waals surface area contributed by atoms with E-state index in [1.54, 1.807) is 13.2 Å². The maximum absolute atomic E-state index is 12.6. The van der Waals surface area contributed by atoms with Crippen LogP contribution in [0.15, 0.2) is 58.4 Å². The van der Waals surface area contributed by atoms with E-state index < -0.39 is 0 Å². The number of hydrogen-bond acceptors (Lipinski definition) is 8. The van der Waals surface area contributed by atoms with Gasteiger partial charge in [-0.3, -0.25) is 4.79 Å². The van der Waals surface area contributed by atoms with Gasteiger partial charge < -0.3 is 15.2 Å². The maximum atomic E-state index is 12.6. The molecule has 0 spiro atoms. The monoisotopic (exact) mass is 525 g/mol. The number of fused-ring (bicyclic) bond motifs is 1. The van der Waals surface area contributed by atoms with Gasteiger partial charge in [0.05, 0.1) is 28.1 Å². The zero-order chi connectivity index (χ0) is 23.4. The molecular weight excluding hydrogens is 506 g/mol. The number of hydrogen-bond donors (Lipinski definition) is 2. The summed E-state index contributed by atoms with van der Waals surface area (Å²) in [5.74, 6) is 1.13. The Hall–Kier alpha value is -3.50. The number of benzene rings is 2. The summed E-state index contributed by atoms with van der Waals surface area (Å²) in [7, 11) is 1.57. The van der Waals surface area contributed by atoms with Crippen molar-refractivity contribution in [1.29, 1.82) is 0 Å². The predicted molar refractivity (Wildman–Crippen MR) is 133 cm³/mol. The molecule has 8 nitrogen and oxygen atoms in total. The summed E-state index contributed by atoms with van der Waals surface area (Å²) in [5, 5.41) is 4.78. The molecule has 2 heterocycles. The molecule has 10 heteroatoms. The summed E-state index contributed by atoms with van der Waals surface area (Å²) < 4.78 is 12.1. The normalized spacial score (nSPS) is 11.1. The van der Waals surface area contributed by atoms with Crippen LogP contribution in [0.5, 0.6) is 11.5 Å². The first kappa shape index (κ1) is 22.7. The first-order valence-electron chi connectivity index (χ1n) is 9.85. The highest BCUT2D eigenvalue weighted by molar-refractivity contribution is 9.10. The molecule has 0 bridgehead atoms. The van der Waals surface area contributed by atoms with E-state index in [4.69, 9.17) is 15.2 Å². The number of thiophene rings is 1. The number of rotatable bonds is 7. The minimum Gasteiger partial charge on any atom is -0.493 e. The number of ether oxygens (including phenoxy) is 2. The van der Waals surface area contributed by atoms with Crippen molar-refractivity contribution in [3.8, 4) is 11.5 Å². The molecule has 0 aliphatic heterocycles. The van der Waals surface area contributed by atoms with Gasteiger partial charge in [-0.25, -0.2) is 15.4 Å². The van der Waals surface area contributed by atoms with Crippen LogP contribution in [-0.4, -0.2) is 29.2 Å². The second-order valence-corrected chi connectivity index (χ2v) is 8.86. The summed E-state index contributed by atoms with van der Waals surface area (Å²) in [5.41, 5.74) is 11.0. The molecule has 0 fully saturated rings. The van der Waals surface area contributed by atoms with Gasteiger partial charge in [-0.2, -0.15) is 5.10 Å². The van der Waals surface area contributed by atoms with Gasteiger partial charge in [0.15, 0.2) is 11.5 Å². The molecule has 1 amide bonds. The van der Waals surface area contributed by atoms with Crippen LogP contribution in [0.25, 0.3) is 10.2 Å². The van der Waals surface area contributed by atoms with E-state index in [1.165, 1.54) is 23.9 Å². The third-order valence-electron chi connectivity index (χ3n) is 4.82. The van der Waals surface area contributed by atoms with Gasteiger partial charge >= 0.3 is 0 Å². The molecule has 0 aliphatic rings. The molecule has 0 saturated carbocycles. The Morgan fingerprint density at radius 2 is 2.06 bits per heavy atom. The molecule has 2 aromatic carbocycles. The molecule has 4 aromatic rings. The van der Waals surface area contributed by atoms with Crippen LogP contribution in [0.4, 0.5) is 5.82 Å². The lowest BCUT2D eigenvalue weighted by atomic mass is 10.2. The van der Waals surface area contributed by atoms with Gasteiger partial charge in [0, 0.05) is 0 Å². The van der Waals surface area contributed by atoms with Crippen molar-refractivity contribution in [2.75, 3.05) is 12.8 Å². The largest absolute Gasteiger partial charge is 0.493 e. The average Bonchev–Trinajstić information content (AvgIpc) is 3.16. The van der Waals surface area contributed by atoms with Gasteiger partial charge in [0.2, 0.25) is 0 Å². The summed E-state index contributed by atoms with van der Waals surface area (Å²) >= 11 is 4.77. The van der Waals surface area contributed by atoms with E-state index in [2.05, 4.69) is 36.4 Å². The minimum atomic E-state index is -0.347. The number of methoxy groups -OCH3 is 1. The predicted octanol–water partition coefficient (Wildman–Crippen LogP) is 4.70. The number of carbonyl (C=O) groups is 1. The zero-order valence-electron chi connectivity index (χ0n) is 17.8.